The number of aryl methyl sites for hydroxylation is 1. The van der Waals surface area contributed by atoms with Gasteiger partial charge in [-0.2, -0.15) is 13.2 Å². The van der Waals surface area contributed by atoms with E-state index in [9.17, 15) is 18.0 Å². The van der Waals surface area contributed by atoms with E-state index in [-0.39, 0.29) is 11.4 Å². The summed E-state index contributed by atoms with van der Waals surface area (Å²) in [5.41, 5.74) is 4.72. The predicted octanol–water partition coefficient (Wildman–Crippen LogP) is 4.25. The average molecular weight is 340 g/mol. The minimum absolute atomic E-state index is 0.101. The van der Waals surface area contributed by atoms with E-state index in [1.807, 2.05) is 31.2 Å². The number of alkyl halides is 3. The van der Waals surface area contributed by atoms with Crippen molar-refractivity contribution in [2.75, 3.05) is 11.2 Å². The third kappa shape index (κ3) is 5.21. The zero-order valence-corrected chi connectivity index (χ0v) is 13.1. The first-order chi connectivity index (χ1) is 10.9. The van der Waals surface area contributed by atoms with Crippen LogP contribution < -0.4 is 10.9 Å². The van der Waals surface area contributed by atoms with E-state index >= 15 is 0 Å². The van der Waals surface area contributed by atoms with Gasteiger partial charge in [-0.1, -0.05) is 29.8 Å². The Labute approximate surface area is 136 Å². The van der Waals surface area contributed by atoms with Crippen LogP contribution in [-0.2, 0) is 11.0 Å². The second kappa shape index (κ2) is 7.41. The number of amides is 1. The highest BCUT2D eigenvalue weighted by atomic mass is 32.2. The molecule has 0 aliphatic rings. The van der Waals surface area contributed by atoms with Gasteiger partial charge in [0.05, 0.1) is 17.0 Å². The van der Waals surface area contributed by atoms with Crippen molar-refractivity contribution >= 4 is 23.4 Å². The highest BCUT2D eigenvalue weighted by Crippen LogP contribution is 2.34. The second-order valence-corrected chi connectivity index (χ2v) is 5.87. The van der Waals surface area contributed by atoms with Gasteiger partial charge in [0.1, 0.15) is 0 Å². The molecule has 7 heteroatoms. The number of benzene rings is 2. The minimum atomic E-state index is -4.48. The number of hydrazine groups is 1. The Morgan fingerprint density at radius 3 is 2.39 bits per heavy atom. The number of carbonyl (C=O) groups is 1. The highest BCUT2D eigenvalue weighted by molar-refractivity contribution is 8.00. The molecule has 0 heterocycles. The number of para-hydroxylation sites is 1. The topological polar surface area (TPSA) is 41.1 Å². The van der Waals surface area contributed by atoms with Crippen LogP contribution in [0.4, 0.5) is 18.9 Å². The molecule has 0 spiro atoms. The highest BCUT2D eigenvalue weighted by Gasteiger charge is 2.33. The smallest absolute Gasteiger partial charge is 0.298 e. The van der Waals surface area contributed by atoms with Gasteiger partial charge in [0.2, 0.25) is 5.91 Å². The number of rotatable bonds is 5. The lowest BCUT2D eigenvalue weighted by Crippen LogP contribution is -2.31. The van der Waals surface area contributed by atoms with E-state index in [0.717, 1.165) is 16.5 Å². The van der Waals surface area contributed by atoms with Crippen LogP contribution in [0, 0.1) is 6.92 Å². The van der Waals surface area contributed by atoms with Crippen LogP contribution in [0.15, 0.2) is 53.4 Å². The predicted molar refractivity (Wildman–Crippen MR) is 85.1 cm³/mol. The lowest BCUT2D eigenvalue weighted by Gasteiger charge is -2.14. The molecule has 0 saturated carbocycles. The van der Waals surface area contributed by atoms with Crippen LogP contribution in [0.1, 0.15) is 11.1 Å². The average Bonchev–Trinajstić information content (AvgIpc) is 2.52. The maximum absolute atomic E-state index is 12.8. The van der Waals surface area contributed by atoms with Crippen molar-refractivity contribution < 1.29 is 18.0 Å². The third-order valence-corrected chi connectivity index (χ3v) is 3.97. The standard InChI is InChI=1S/C16H15F3N2OS/c1-11-6-8-12(9-7-11)23-10-15(22)21-20-14-5-3-2-4-13(14)16(17,18)19/h2-9,20H,10H2,1H3,(H,21,22). The van der Waals surface area contributed by atoms with Crippen molar-refractivity contribution in [1.82, 2.24) is 5.43 Å². The summed E-state index contributed by atoms with van der Waals surface area (Å²) in [5.74, 6) is -0.308. The van der Waals surface area contributed by atoms with Crippen molar-refractivity contribution in [2.45, 2.75) is 18.0 Å². The molecule has 23 heavy (non-hydrogen) atoms. The molecule has 0 saturated heterocycles. The van der Waals surface area contributed by atoms with Crippen molar-refractivity contribution in [3.05, 3.63) is 59.7 Å². The molecule has 2 aromatic carbocycles. The lowest BCUT2D eigenvalue weighted by atomic mass is 10.2. The largest absolute Gasteiger partial charge is 0.418 e. The number of halogens is 3. The number of anilines is 1. The Bertz CT molecular complexity index is 672. The van der Waals surface area contributed by atoms with E-state index < -0.39 is 17.6 Å². The number of hydrogen-bond donors (Lipinski definition) is 2. The summed E-state index contributed by atoms with van der Waals surface area (Å²) >= 11 is 1.31. The van der Waals surface area contributed by atoms with Crippen molar-refractivity contribution in [2.24, 2.45) is 0 Å². The summed E-state index contributed by atoms with van der Waals surface area (Å²) in [6, 6.07) is 12.6. The van der Waals surface area contributed by atoms with Crippen molar-refractivity contribution in [3.8, 4) is 0 Å². The Hall–Kier alpha value is -2.15. The Morgan fingerprint density at radius 1 is 1.09 bits per heavy atom. The number of carbonyl (C=O) groups excluding carboxylic acids is 1. The summed E-state index contributed by atoms with van der Waals surface area (Å²) in [6.07, 6.45) is -4.48. The van der Waals surface area contributed by atoms with E-state index in [1.165, 1.54) is 30.0 Å². The van der Waals surface area contributed by atoms with Crippen LogP contribution >= 0.6 is 11.8 Å². The summed E-state index contributed by atoms with van der Waals surface area (Å²) in [7, 11) is 0. The van der Waals surface area contributed by atoms with Gasteiger partial charge in [-0.05, 0) is 31.2 Å². The van der Waals surface area contributed by atoms with E-state index in [4.69, 9.17) is 0 Å². The van der Waals surface area contributed by atoms with Gasteiger partial charge in [-0.25, -0.2) is 0 Å². The van der Waals surface area contributed by atoms with Gasteiger partial charge in [-0.15, -0.1) is 11.8 Å². The molecular formula is C16H15F3N2OS. The molecule has 0 aliphatic carbocycles. The first-order valence-electron chi connectivity index (χ1n) is 6.77. The van der Waals surface area contributed by atoms with Gasteiger partial charge >= 0.3 is 6.18 Å². The van der Waals surface area contributed by atoms with E-state index in [0.29, 0.717) is 0 Å². The molecule has 0 unspecified atom stereocenters. The molecule has 0 aromatic heterocycles. The first kappa shape index (κ1) is 17.2. The Balaban J connectivity index is 1.89. The fourth-order valence-corrected chi connectivity index (χ4v) is 2.49. The number of thioether (sulfide) groups is 1. The van der Waals surface area contributed by atoms with Crippen LogP contribution in [-0.4, -0.2) is 11.7 Å². The molecule has 0 fully saturated rings. The molecule has 2 N–H and O–H groups in total. The molecule has 1 amide bonds. The van der Waals surface area contributed by atoms with E-state index in [1.54, 1.807) is 0 Å². The lowest BCUT2D eigenvalue weighted by molar-refractivity contribution is -0.137. The van der Waals surface area contributed by atoms with Gasteiger partial charge in [0, 0.05) is 4.90 Å². The second-order valence-electron chi connectivity index (χ2n) is 4.82. The molecular weight excluding hydrogens is 325 g/mol. The summed E-state index contributed by atoms with van der Waals surface area (Å²) in [5, 5.41) is 0. The Morgan fingerprint density at radius 2 is 1.74 bits per heavy atom. The molecule has 0 bridgehead atoms. The molecule has 2 rings (SSSR count). The molecule has 3 nitrogen and oxygen atoms in total. The summed E-state index contributed by atoms with van der Waals surface area (Å²) in [4.78, 5) is 12.7. The van der Waals surface area contributed by atoms with Crippen LogP contribution in [0.25, 0.3) is 0 Å². The number of hydrogen-bond acceptors (Lipinski definition) is 3. The minimum Gasteiger partial charge on any atom is -0.298 e. The van der Waals surface area contributed by atoms with Crippen LogP contribution in [0.2, 0.25) is 0 Å². The van der Waals surface area contributed by atoms with E-state index in [2.05, 4.69) is 10.9 Å². The molecule has 0 atom stereocenters. The molecule has 122 valence electrons. The van der Waals surface area contributed by atoms with Crippen LogP contribution in [0.3, 0.4) is 0 Å². The zero-order chi connectivity index (χ0) is 16.9. The summed E-state index contributed by atoms with van der Waals surface area (Å²) in [6.45, 7) is 1.96. The normalized spacial score (nSPS) is 11.1. The van der Waals surface area contributed by atoms with Gasteiger partial charge in [0.25, 0.3) is 0 Å². The molecule has 0 radical (unpaired) electrons. The fourth-order valence-electron chi connectivity index (χ4n) is 1.80. The molecule has 0 aliphatic heterocycles. The van der Waals surface area contributed by atoms with Gasteiger partial charge < -0.3 is 0 Å². The van der Waals surface area contributed by atoms with Gasteiger partial charge in [-0.3, -0.25) is 15.6 Å². The monoisotopic (exact) mass is 340 g/mol. The summed E-state index contributed by atoms with van der Waals surface area (Å²) < 4.78 is 38.5. The maximum atomic E-state index is 12.8. The third-order valence-electron chi connectivity index (χ3n) is 2.96. The maximum Gasteiger partial charge on any atom is 0.418 e. The Kier molecular flexibility index (Phi) is 5.54. The zero-order valence-electron chi connectivity index (χ0n) is 12.3. The van der Waals surface area contributed by atoms with Crippen molar-refractivity contribution in [1.29, 1.82) is 0 Å². The quantitative estimate of drug-likeness (QED) is 0.631. The molecule has 2 aromatic rings. The van der Waals surface area contributed by atoms with Crippen molar-refractivity contribution in [3.63, 3.8) is 0 Å². The number of nitrogens with one attached hydrogen (secondary N) is 2. The SMILES string of the molecule is Cc1ccc(SCC(=O)NNc2ccccc2C(F)(F)F)cc1. The fraction of sp³-hybridized carbons (Fsp3) is 0.188. The first-order valence-corrected chi connectivity index (χ1v) is 7.75. The van der Waals surface area contributed by atoms with Gasteiger partial charge in [0.15, 0.2) is 0 Å². The van der Waals surface area contributed by atoms with Crippen LogP contribution in [0.5, 0.6) is 0 Å².